The molecule has 0 unspecified atom stereocenters. The van der Waals surface area contributed by atoms with E-state index in [-0.39, 0.29) is 5.41 Å². The highest BCUT2D eigenvalue weighted by molar-refractivity contribution is 14.1. The van der Waals surface area contributed by atoms with Gasteiger partial charge in [-0.05, 0) is 65.6 Å². The fourth-order valence-corrected chi connectivity index (χ4v) is 2.41. The van der Waals surface area contributed by atoms with Gasteiger partial charge >= 0.3 is 0 Å². The Morgan fingerprint density at radius 2 is 2.14 bits per heavy atom. The summed E-state index contributed by atoms with van der Waals surface area (Å²) in [6.07, 6.45) is 3.04. The van der Waals surface area contributed by atoms with Crippen LogP contribution in [0.1, 0.15) is 24.8 Å². The van der Waals surface area contributed by atoms with E-state index in [0.29, 0.717) is 0 Å². The van der Waals surface area contributed by atoms with Crippen molar-refractivity contribution in [2.24, 2.45) is 0 Å². The molecule has 0 spiro atoms. The molecule has 0 radical (unpaired) electrons. The Bertz CT molecular complexity index is 402. The molecule has 1 fully saturated rings. The van der Waals surface area contributed by atoms with Crippen LogP contribution in [-0.4, -0.2) is 0 Å². The molecule has 0 saturated heterocycles. The lowest BCUT2D eigenvalue weighted by Crippen LogP contribution is -2.33. The van der Waals surface area contributed by atoms with Crippen LogP contribution in [0.3, 0.4) is 0 Å². The lowest BCUT2D eigenvalue weighted by atomic mass is 9.65. The van der Waals surface area contributed by atoms with Gasteiger partial charge in [-0.2, -0.15) is 5.26 Å². The Morgan fingerprint density at radius 3 is 2.64 bits per heavy atom. The zero-order chi connectivity index (χ0) is 10.2. The quantitative estimate of drug-likeness (QED) is 0.640. The first-order valence-electron chi connectivity index (χ1n) is 4.65. The van der Waals surface area contributed by atoms with Crippen LogP contribution in [0.5, 0.6) is 0 Å². The van der Waals surface area contributed by atoms with E-state index in [9.17, 15) is 5.26 Å². The summed E-state index contributed by atoms with van der Waals surface area (Å²) in [4.78, 5) is 0. The van der Waals surface area contributed by atoms with Crippen molar-refractivity contribution in [2.75, 3.05) is 5.73 Å². The molecule has 1 aromatic rings. The predicted molar refractivity (Wildman–Crippen MR) is 64.7 cm³/mol. The van der Waals surface area contributed by atoms with Gasteiger partial charge in [-0.15, -0.1) is 0 Å². The van der Waals surface area contributed by atoms with Crippen molar-refractivity contribution in [1.29, 1.82) is 5.26 Å². The molecular weight excluding hydrogens is 287 g/mol. The lowest BCUT2D eigenvalue weighted by molar-refractivity contribution is 0.325. The summed E-state index contributed by atoms with van der Waals surface area (Å²) in [6.45, 7) is 0. The Labute approximate surface area is 97.2 Å². The van der Waals surface area contributed by atoms with Crippen LogP contribution in [0, 0.1) is 14.9 Å². The van der Waals surface area contributed by atoms with Crippen molar-refractivity contribution in [3.63, 3.8) is 0 Å². The first-order chi connectivity index (χ1) is 6.68. The van der Waals surface area contributed by atoms with Crippen molar-refractivity contribution in [3.05, 3.63) is 27.3 Å². The highest BCUT2D eigenvalue weighted by atomic mass is 127. The molecule has 0 aromatic heterocycles. The van der Waals surface area contributed by atoms with Crippen LogP contribution >= 0.6 is 22.6 Å². The molecule has 14 heavy (non-hydrogen) atoms. The number of nitrogens with two attached hydrogens (primary N) is 1. The van der Waals surface area contributed by atoms with Crippen LogP contribution in [0.4, 0.5) is 5.69 Å². The number of hydrogen-bond donors (Lipinski definition) is 1. The van der Waals surface area contributed by atoms with Crippen LogP contribution < -0.4 is 5.73 Å². The molecule has 3 heteroatoms. The number of benzene rings is 1. The summed E-state index contributed by atoms with van der Waals surface area (Å²) < 4.78 is 1.15. The minimum absolute atomic E-state index is 0.286. The number of hydrogen-bond acceptors (Lipinski definition) is 2. The number of nitriles is 1. The van der Waals surface area contributed by atoms with Gasteiger partial charge in [-0.1, -0.05) is 0 Å². The van der Waals surface area contributed by atoms with E-state index >= 15 is 0 Å². The van der Waals surface area contributed by atoms with Crippen molar-refractivity contribution in [1.82, 2.24) is 0 Å². The second-order valence-electron chi connectivity index (χ2n) is 3.78. The van der Waals surface area contributed by atoms with Crippen molar-refractivity contribution < 1.29 is 0 Å². The molecule has 2 rings (SSSR count). The number of halogens is 1. The summed E-state index contributed by atoms with van der Waals surface area (Å²) >= 11 is 2.25. The topological polar surface area (TPSA) is 49.8 Å². The van der Waals surface area contributed by atoms with Gasteiger partial charge < -0.3 is 5.73 Å². The minimum atomic E-state index is -0.286. The zero-order valence-electron chi connectivity index (χ0n) is 7.76. The third-order valence-electron chi connectivity index (χ3n) is 2.95. The van der Waals surface area contributed by atoms with E-state index in [2.05, 4.69) is 28.7 Å². The van der Waals surface area contributed by atoms with Crippen molar-refractivity contribution >= 4 is 28.3 Å². The highest BCUT2D eigenvalue weighted by Crippen LogP contribution is 2.45. The van der Waals surface area contributed by atoms with Gasteiger partial charge in [0.05, 0.1) is 11.5 Å². The Morgan fingerprint density at radius 1 is 1.43 bits per heavy atom. The first kappa shape index (κ1) is 9.78. The normalized spacial score (nSPS) is 18.3. The third-order valence-corrected chi connectivity index (χ3v) is 3.62. The van der Waals surface area contributed by atoms with Gasteiger partial charge in [0.1, 0.15) is 0 Å². The molecule has 0 bridgehead atoms. The molecule has 0 aliphatic heterocycles. The Kier molecular flexibility index (Phi) is 2.40. The van der Waals surface area contributed by atoms with Gasteiger partial charge in [0.25, 0.3) is 0 Å². The van der Waals surface area contributed by atoms with Crippen LogP contribution in [-0.2, 0) is 5.41 Å². The van der Waals surface area contributed by atoms with Crippen LogP contribution in [0.15, 0.2) is 18.2 Å². The second-order valence-corrected chi connectivity index (χ2v) is 5.02. The van der Waals surface area contributed by atoms with Gasteiger partial charge in [-0.3, -0.25) is 0 Å². The number of nitrogen functional groups attached to an aromatic ring is 1. The molecule has 0 heterocycles. The highest BCUT2D eigenvalue weighted by Gasteiger charge is 2.40. The summed E-state index contributed by atoms with van der Waals surface area (Å²) in [5.41, 5.74) is 7.40. The predicted octanol–water partition coefficient (Wildman–Crippen LogP) is 2.82. The van der Waals surface area contributed by atoms with E-state index in [4.69, 9.17) is 5.73 Å². The maximum atomic E-state index is 9.20. The largest absolute Gasteiger partial charge is 0.398 e. The summed E-state index contributed by atoms with van der Waals surface area (Å²) in [5.74, 6) is 0. The Hall–Kier alpha value is -0.760. The Balaban J connectivity index is 2.50. The fraction of sp³-hybridized carbons (Fsp3) is 0.364. The second kappa shape index (κ2) is 3.43. The van der Waals surface area contributed by atoms with E-state index in [0.717, 1.165) is 34.1 Å². The first-order valence-corrected chi connectivity index (χ1v) is 5.73. The molecule has 1 aromatic carbocycles. The number of anilines is 1. The zero-order valence-corrected chi connectivity index (χ0v) is 9.91. The maximum Gasteiger partial charge on any atom is 0.0842 e. The molecule has 1 aliphatic rings. The van der Waals surface area contributed by atoms with Gasteiger partial charge in [0.2, 0.25) is 0 Å². The summed E-state index contributed by atoms with van der Waals surface area (Å²) in [6, 6.07) is 8.33. The van der Waals surface area contributed by atoms with E-state index < -0.39 is 0 Å². The monoisotopic (exact) mass is 298 g/mol. The average Bonchev–Trinajstić information content (AvgIpc) is 2.10. The summed E-state index contributed by atoms with van der Waals surface area (Å²) in [5, 5.41) is 9.20. The van der Waals surface area contributed by atoms with Crippen molar-refractivity contribution in [3.8, 4) is 6.07 Å². The summed E-state index contributed by atoms with van der Waals surface area (Å²) in [7, 11) is 0. The van der Waals surface area contributed by atoms with E-state index in [1.54, 1.807) is 0 Å². The maximum absolute atomic E-state index is 9.20. The van der Waals surface area contributed by atoms with Gasteiger partial charge in [0.15, 0.2) is 0 Å². The molecule has 0 atom stereocenters. The van der Waals surface area contributed by atoms with Crippen LogP contribution in [0.25, 0.3) is 0 Å². The molecular formula is C11H11IN2. The fourth-order valence-electron chi connectivity index (χ4n) is 1.91. The lowest BCUT2D eigenvalue weighted by Gasteiger charge is -2.36. The number of nitrogens with zero attached hydrogens (tertiary/aromatic N) is 1. The number of rotatable bonds is 1. The smallest absolute Gasteiger partial charge is 0.0842 e. The SMILES string of the molecule is N#CC1(c2cc(I)ccc2N)CCC1. The minimum Gasteiger partial charge on any atom is -0.398 e. The van der Waals surface area contributed by atoms with Gasteiger partial charge in [-0.25, -0.2) is 0 Å². The molecule has 1 aliphatic carbocycles. The standard InChI is InChI=1S/C11H11IN2/c12-8-2-3-10(14)9(6-8)11(7-13)4-1-5-11/h2-3,6H,1,4-5,14H2. The third kappa shape index (κ3) is 1.38. The molecule has 72 valence electrons. The molecule has 2 nitrogen and oxygen atoms in total. The van der Waals surface area contributed by atoms with Crippen LogP contribution in [0.2, 0.25) is 0 Å². The van der Waals surface area contributed by atoms with Crippen molar-refractivity contribution in [2.45, 2.75) is 24.7 Å². The van der Waals surface area contributed by atoms with E-state index in [1.807, 2.05) is 18.2 Å². The van der Waals surface area contributed by atoms with E-state index in [1.165, 1.54) is 0 Å². The molecule has 2 N–H and O–H groups in total. The molecule has 1 saturated carbocycles. The van der Waals surface area contributed by atoms with Gasteiger partial charge in [0, 0.05) is 9.26 Å². The average molecular weight is 298 g/mol. The molecule has 0 amide bonds.